The summed E-state index contributed by atoms with van der Waals surface area (Å²) in [7, 11) is 0. The van der Waals surface area contributed by atoms with Crippen molar-refractivity contribution in [2.45, 2.75) is 6.92 Å². The summed E-state index contributed by atoms with van der Waals surface area (Å²) < 4.78 is 0. The standard InChI is InChI=1S/C24H17N7/c1-14-5-8-25-13-18(14)15-10-17-23(30-31-24(17)28-12-15)21-11-16-19(29-21)6-9-27-22(16)20-4-2-3-7-26-20/h2-13,29H,1H3,(H,28,30,31). The maximum Gasteiger partial charge on any atom is 0.155 e. The quantitative estimate of drug-likeness (QED) is 0.437. The third-order valence-electron chi connectivity index (χ3n) is 5.48. The van der Waals surface area contributed by atoms with Crippen LogP contribution in [0, 0.1) is 6.92 Å². The maximum atomic E-state index is 4.58. The van der Waals surface area contributed by atoms with E-state index in [9.17, 15) is 0 Å². The molecule has 6 rings (SSSR count). The van der Waals surface area contributed by atoms with Gasteiger partial charge in [0.1, 0.15) is 5.69 Å². The minimum Gasteiger partial charge on any atom is -0.353 e. The molecule has 0 aromatic carbocycles. The Morgan fingerprint density at radius 3 is 2.65 bits per heavy atom. The van der Waals surface area contributed by atoms with E-state index in [2.05, 4.69) is 54.2 Å². The Morgan fingerprint density at radius 1 is 0.806 bits per heavy atom. The smallest absolute Gasteiger partial charge is 0.155 e. The first-order valence-electron chi connectivity index (χ1n) is 9.92. The molecule has 6 aromatic rings. The summed E-state index contributed by atoms with van der Waals surface area (Å²) in [4.78, 5) is 21.4. The van der Waals surface area contributed by atoms with E-state index in [1.807, 2.05) is 42.7 Å². The van der Waals surface area contributed by atoms with E-state index in [1.165, 1.54) is 0 Å². The summed E-state index contributed by atoms with van der Waals surface area (Å²) in [6, 6.07) is 14.0. The summed E-state index contributed by atoms with van der Waals surface area (Å²) in [5, 5.41) is 9.54. The van der Waals surface area contributed by atoms with Crippen LogP contribution in [0.2, 0.25) is 0 Å². The predicted octanol–water partition coefficient (Wildman–Crippen LogP) is 4.93. The lowest BCUT2D eigenvalue weighted by atomic mass is 10.0. The van der Waals surface area contributed by atoms with Crippen LogP contribution in [0.3, 0.4) is 0 Å². The van der Waals surface area contributed by atoms with Gasteiger partial charge in [-0.1, -0.05) is 6.07 Å². The van der Waals surface area contributed by atoms with Gasteiger partial charge in [-0.3, -0.25) is 20.1 Å². The van der Waals surface area contributed by atoms with Crippen molar-refractivity contribution in [2.24, 2.45) is 0 Å². The second-order valence-corrected chi connectivity index (χ2v) is 7.40. The molecule has 0 amide bonds. The van der Waals surface area contributed by atoms with E-state index >= 15 is 0 Å². The van der Waals surface area contributed by atoms with Crippen molar-refractivity contribution < 1.29 is 0 Å². The van der Waals surface area contributed by atoms with Crippen molar-refractivity contribution in [3.63, 3.8) is 0 Å². The molecule has 0 spiro atoms. The molecule has 0 saturated heterocycles. The molecule has 0 saturated carbocycles. The molecule has 2 N–H and O–H groups in total. The number of hydrogen-bond acceptors (Lipinski definition) is 5. The number of fused-ring (bicyclic) bond motifs is 2. The second-order valence-electron chi connectivity index (χ2n) is 7.40. The van der Waals surface area contributed by atoms with Gasteiger partial charge in [0.05, 0.1) is 17.1 Å². The van der Waals surface area contributed by atoms with Crippen molar-refractivity contribution in [3.8, 4) is 33.9 Å². The van der Waals surface area contributed by atoms with Crippen LogP contribution in [0.25, 0.3) is 55.8 Å². The summed E-state index contributed by atoms with van der Waals surface area (Å²) >= 11 is 0. The van der Waals surface area contributed by atoms with Crippen LogP contribution in [-0.4, -0.2) is 35.1 Å². The maximum absolute atomic E-state index is 4.58. The summed E-state index contributed by atoms with van der Waals surface area (Å²) in [6.07, 6.45) is 9.08. The van der Waals surface area contributed by atoms with Crippen LogP contribution in [-0.2, 0) is 0 Å². The van der Waals surface area contributed by atoms with E-state index in [0.717, 1.165) is 61.4 Å². The topological polar surface area (TPSA) is 96.0 Å². The fourth-order valence-electron chi connectivity index (χ4n) is 3.91. The molecular weight excluding hydrogens is 386 g/mol. The molecule has 0 aliphatic rings. The van der Waals surface area contributed by atoms with Crippen LogP contribution in [0.4, 0.5) is 0 Å². The van der Waals surface area contributed by atoms with Crippen LogP contribution in [0.1, 0.15) is 5.56 Å². The number of H-pyrrole nitrogens is 2. The summed E-state index contributed by atoms with van der Waals surface area (Å²) in [5.74, 6) is 0. The molecule has 6 aromatic heterocycles. The van der Waals surface area contributed by atoms with Gasteiger partial charge in [-0.25, -0.2) is 4.98 Å². The highest BCUT2D eigenvalue weighted by Crippen LogP contribution is 2.33. The highest BCUT2D eigenvalue weighted by molar-refractivity contribution is 5.99. The number of nitrogens with one attached hydrogen (secondary N) is 2. The number of rotatable bonds is 3. The molecule has 7 heteroatoms. The second kappa shape index (κ2) is 6.84. The average Bonchev–Trinajstić information content (AvgIpc) is 3.43. The van der Waals surface area contributed by atoms with E-state index in [1.54, 1.807) is 18.6 Å². The normalized spacial score (nSPS) is 11.4. The van der Waals surface area contributed by atoms with Gasteiger partial charge in [-0.05, 0) is 48.9 Å². The fraction of sp³-hybridized carbons (Fsp3) is 0.0417. The molecule has 31 heavy (non-hydrogen) atoms. The molecule has 0 unspecified atom stereocenters. The van der Waals surface area contributed by atoms with Crippen LogP contribution < -0.4 is 0 Å². The van der Waals surface area contributed by atoms with Crippen LogP contribution >= 0.6 is 0 Å². The third kappa shape index (κ3) is 2.86. The highest BCUT2D eigenvalue weighted by Gasteiger charge is 2.16. The number of aryl methyl sites for hydroxylation is 1. The zero-order chi connectivity index (χ0) is 20.8. The minimum atomic E-state index is 0.738. The van der Waals surface area contributed by atoms with Crippen LogP contribution in [0.5, 0.6) is 0 Å². The molecule has 0 atom stereocenters. The monoisotopic (exact) mass is 403 g/mol. The molecule has 0 aliphatic heterocycles. The first kappa shape index (κ1) is 17.5. The Hall–Kier alpha value is -4.39. The lowest BCUT2D eigenvalue weighted by Crippen LogP contribution is -1.87. The predicted molar refractivity (Wildman–Crippen MR) is 120 cm³/mol. The zero-order valence-electron chi connectivity index (χ0n) is 16.7. The molecule has 0 fully saturated rings. The molecule has 148 valence electrons. The molecule has 7 nitrogen and oxygen atoms in total. The number of aromatic nitrogens is 7. The zero-order valence-corrected chi connectivity index (χ0v) is 16.7. The van der Waals surface area contributed by atoms with Gasteiger partial charge in [-0.2, -0.15) is 5.10 Å². The highest BCUT2D eigenvalue weighted by atomic mass is 15.2. The van der Waals surface area contributed by atoms with Gasteiger partial charge >= 0.3 is 0 Å². The molecular formula is C24H17N7. The van der Waals surface area contributed by atoms with Crippen LogP contribution in [0.15, 0.2) is 73.4 Å². The number of pyridine rings is 4. The Labute approximate surface area is 177 Å². The van der Waals surface area contributed by atoms with E-state index in [-0.39, 0.29) is 0 Å². The van der Waals surface area contributed by atoms with Crippen molar-refractivity contribution in [1.29, 1.82) is 0 Å². The molecule has 6 heterocycles. The average molecular weight is 403 g/mol. The Kier molecular flexibility index (Phi) is 3.86. The number of nitrogens with zero attached hydrogens (tertiary/aromatic N) is 5. The number of aromatic amines is 2. The van der Waals surface area contributed by atoms with Gasteiger partial charge in [0.25, 0.3) is 0 Å². The third-order valence-corrected chi connectivity index (χ3v) is 5.48. The Bertz CT molecular complexity index is 1550. The lowest BCUT2D eigenvalue weighted by Gasteiger charge is -2.04. The minimum absolute atomic E-state index is 0.738. The first-order chi connectivity index (χ1) is 15.3. The molecule has 0 bridgehead atoms. The van der Waals surface area contributed by atoms with E-state index in [0.29, 0.717) is 0 Å². The van der Waals surface area contributed by atoms with Gasteiger partial charge in [-0.15, -0.1) is 0 Å². The molecule has 0 aliphatic carbocycles. The number of hydrogen-bond donors (Lipinski definition) is 2. The summed E-state index contributed by atoms with van der Waals surface area (Å²) in [5.41, 5.74) is 8.32. The lowest BCUT2D eigenvalue weighted by molar-refractivity contribution is 1.10. The van der Waals surface area contributed by atoms with E-state index in [4.69, 9.17) is 0 Å². The van der Waals surface area contributed by atoms with Crippen molar-refractivity contribution in [1.82, 2.24) is 35.1 Å². The van der Waals surface area contributed by atoms with Crippen molar-refractivity contribution in [2.75, 3.05) is 0 Å². The fourth-order valence-corrected chi connectivity index (χ4v) is 3.91. The largest absolute Gasteiger partial charge is 0.353 e. The first-order valence-corrected chi connectivity index (χ1v) is 9.92. The van der Waals surface area contributed by atoms with Crippen molar-refractivity contribution in [3.05, 3.63) is 79.0 Å². The van der Waals surface area contributed by atoms with Gasteiger partial charge in [0.2, 0.25) is 0 Å². The van der Waals surface area contributed by atoms with Crippen molar-refractivity contribution >= 4 is 21.9 Å². The Morgan fingerprint density at radius 2 is 1.77 bits per heavy atom. The Balaban J connectivity index is 1.52. The SMILES string of the molecule is Cc1ccncc1-c1cnc2[nH]nc(-c3cc4c(-c5ccccn5)nccc4[nH]3)c2c1. The molecule has 0 radical (unpaired) electrons. The van der Waals surface area contributed by atoms with Gasteiger partial charge < -0.3 is 4.98 Å². The van der Waals surface area contributed by atoms with Gasteiger partial charge in [0, 0.05) is 58.4 Å². The summed E-state index contributed by atoms with van der Waals surface area (Å²) in [6.45, 7) is 2.07. The van der Waals surface area contributed by atoms with Gasteiger partial charge in [0.15, 0.2) is 5.65 Å². The van der Waals surface area contributed by atoms with E-state index < -0.39 is 0 Å².